The predicted molar refractivity (Wildman–Crippen MR) is 78.8 cm³/mol. The minimum Gasteiger partial charge on any atom is -0.376 e. The van der Waals surface area contributed by atoms with Gasteiger partial charge >= 0.3 is 0 Å². The van der Waals surface area contributed by atoms with Gasteiger partial charge in [0.25, 0.3) is 5.91 Å². The molecule has 20 heavy (non-hydrogen) atoms. The first-order valence-electron chi connectivity index (χ1n) is 7.36. The van der Waals surface area contributed by atoms with Crippen LogP contribution in [0.5, 0.6) is 0 Å². The van der Waals surface area contributed by atoms with Crippen molar-refractivity contribution in [3.63, 3.8) is 0 Å². The highest BCUT2D eigenvalue weighted by Gasteiger charge is 2.30. The number of carbonyl (C=O) groups excluding carboxylic acids is 1. The lowest BCUT2D eigenvalue weighted by Crippen LogP contribution is -2.37. The molecule has 3 rings (SSSR count). The molecule has 0 aliphatic carbocycles. The quantitative estimate of drug-likeness (QED) is 0.828. The Morgan fingerprint density at radius 2 is 2.30 bits per heavy atom. The predicted octanol–water partition coefficient (Wildman–Crippen LogP) is 2.23. The van der Waals surface area contributed by atoms with Crippen LogP contribution in [0, 0.1) is 0 Å². The van der Waals surface area contributed by atoms with E-state index in [0.29, 0.717) is 16.8 Å². The van der Waals surface area contributed by atoms with Crippen molar-refractivity contribution < 1.29 is 9.53 Å². The molecule has 0 spiro atoms. The fourth-order valence-electron chi connectivity index (χ4n) is 2.97. The van der Waals surface area contributed by atoms with Gasteiger partial charge in [-0.15, -0.1) is 0 Å². The smallest absolute Gasteiger partial charge is 0.273 e. The maximum Gasteiger partial charge on any atom is 0.273 e. The molecule has 1 aromatic rings. The number of imidazole rings is 1. The van der Waals surface area contributed by atoms with Gasteiger partial charge in [-0.2, -0.15) is 0 Å². The van der Waals surface area contributed by atoms with Gasteiger partial charge in [-0.25, -0.2) is 4.98 Å². The number of aryl methyl sites for hydroxylation is 1. The topological polar surface area (TPSA) is 47.4 Å². The van der Waals surface area contributed by atoms with Crippen molar-refractivity contribution >= 4 is 21.8 Å². The van der Waals surface area contributed by atoms with Crippen molar-refractivity contribution in [2.45, 2.75) is 45.3 Å². The van der Waals surface area contributed by atoms with Gasteiger partial charge in [-0.1, -0.05) is 6.92 Å². The number of fused-ring (bicyclic) bond motifs is 1. The van der Waals surface area contributed by atoms with Crippen LogP contribution in [0.25, 0.3) is 0 Å². The van der Waals surface area contributed by atoms with Gasteiger partial charge in [0.05, 0.1) is 6.10 Å². The average molecular weight is 342 g/mol. The minimum absolute atomic E-state index is 0.0847. The number of nitrogens with zero attached hydrogens (tertiary/aromatic N) is 3. The molecule has 1 atom stereocenters. The van der Waals surface area contributed by atoms with Crippen LogP contribution in [-0.2, 0) is 17.7 Å². The Morgan fingerprint density at radius 1 is 1.45 bits per heavy atom. The standard InChI is InChI=1S/C14H20BrN3O2/c1-2-10-9-17(6-4-8-20-10)14(19)12-13(15)16-11-5-3-7-18(11)12/h10H,2-9H2,1H3/t10-/m1/s1. The molecule has 0 saturated carbocycles. The van der Waals surface area contributed by atoms with Crippen molar-refractivity contribution in [1.29, 1.82) is 0 Å². The monoisotopic (exact) mass is 341 g/mol. The van der Waals surface area contributed by atoms with E-state index in [9.17, 15) is 4.79 Å². The molecule has 2 aliphatic rings. The van der Waals surface area contributed by atoms with Crippen LogP contribution >= 0.6 is 15.9 Å². The van der Waals surface area contributed by atoms with E-state index < -0.39 is 0 Å². The molecule has 0 unspecified atom stereocenters. The molecule has 0 bridgehead atoms. The summed E-state index contributed by atoms with van der Waals surface area (Å²) in [6.07, 6.45) is 4.04. The van der Waals surface area contributed by atoms with Crippen LogP contribution in [0.4, 0.5) is 0 Å². The van der Waals surface area contributed by atoms with Gasteiger partial charge in [-0.3, -0.25) is 4.79 Å². The van der Waals surface area contributed by atoms with E-state index in [4.69, 9.17) is 4.74 Å². The highest BCUT2D eigenvalue weighted by molar-refractivity contribution is 9.10. The van der Waals surface area contributed by atoms with Gasteiger partial charge < -0.3 is 14.2 Å². The zero-order valence-corrected chi connectivity index (χ0v) is 13.4. The molecular weight excluding hydrogens is 322 g/mol. The summed E-state index contributed by atoms with van der Waals surface area (Å²) in [4.78, 5) is 19.2. The van der Waals surface area contributed by atoms with E-state index in [1.165, 1.54) is 0 Å². The lowest BCUT2D eigenvalue weighted by Gasteiger charge is -2.23. The molecule has 1 fully saturated rings. The first-order valence-corrected chi connectivity index (χ1v) is 8.15. The Hall–Kier alpha value is -0.880. The fraction of sp³-hybridized carbons (Fsp3) is 0.714. The third-order valence-electron chi connectivity index (χ3n) is 4.08. The molecule has 110 valence electrons. The second-order valence-electron chi connectivity index (χ2n) is 5.43. The SMILES string of the molecule is CC[C@@H]1CN(C(=O)c2c(Br)nc3n2CCC3)CCCO1. The summed E-state index contributed by atoms with van der Waals surface area (Å²) in [7, 11) is 0. The molecule has 0 aromatic carbocycles. The Balaban J connectivity index is 1.84. The summed E-state index contributed by atoms with van der Waals surface area (Å²) in [6, 6.07) is 0. The van der Waals surface area contributed by atoms with E-state index >= 15 is 0 Å². The molecule has 6 heteroatoms. The van der Waals surface area contributed by atoms with Gasteiger partial charge in [0.1, 0.15) is 16.1 Å². The van der Waals surface area contributed by atoms with Crippen LogP contribution < -0.4 is 0 Å². The van der Waals surface area contributed by atoms with Crippen LogP contribution in [-0.4, -0.2) is 46.2 Å². The van der Waals surface area contributed by atoms with Crippen molar-refractivity contribution in [2.24, 2.45) is 0 Å². The highest BCUT2D eigenvalue weighted by Crippen LogP contribution is 2.26. The van der Waals surface area contributed by atoms with E-state index in [-0.39, 0.29) is 12.0 Å². The lowest BCUT2D eigenvalue weighted by molar-refractivity contribution is 0.0455. The average Bonchev–Trinajstić information content (AvgIpc) is 2.89. The summed E-state index contributed by atoms with van der Waals surface area (Å²) in [5, 5.41) is 0. The molecule has 0 radical (unpaired) electrons. The number of halogens is 1. The first kappa shape index (κ1) is 14.1. The number of amides is 1. The zero-order chi connectivity index (χ0) is 14.1. The largest absolute Gasteiger partial charge is 0.376 e. The number of hydrogen-bond acceptors (Lipinski definition) is 3. The Bertz CT molecular complexity index is 515. The third-order valence-corrected chi connectivity index (χ3v) is 4.63. The summed E-state index contributed by atoms with van der Waals surface area (Å²) in [5.41, 5.74) is 0.717. The van der Waals surface area contributed by atoms with Gasteiger partial charge in [0.2, 0.25) is 0 Å². The number of ether oxygens (including phenoxy) is 1. The zero-order valence-electron chi connectivity index (χ0n) is 11.8. The van der Waals surface area contributed by atoms with Crippen LogP contribution in [0.1, 0.15) is 42.5 Å². The van der Waals surface area contributed by atoms with E-state index in [1.54, 1.807) is 0 Å². The molecular formula is C14H20BrN3O2. The van der Waals surface area contributed by atoms with Crippen molar-refractivity contribution in [2.75, 3.05) is 19.7 Å². The van der Waals surface area contributed by atoms with E-state index in [0.717, 1.165) is 51.2 Å². The first-order chi connectivity index (χ1) is 9.70. The normalized spacial score (nSPS) is 22.7. The number of rotatable bonds is 2. The Labute approximate surface area is 127 Å². The lowest BCUT2D eigenvalue weighted by atomic mass is 10.2. The fourth-order valence-corrected chi connectivity index (χ4v) is 3.56. The molecule has 3 heterocycles. The number of carbonyl (C=O) groups is 1. The van der Waals surface area contributed by atoms with E-state index in [1.807, 2.05) is 4.90 Å². The Morgan fingerprint density at radius 3 is 3.10 bits per heavy atom. The van der Waals surface area contributed by atoms with Crippen LogP contribution in [0.2, 0.25) is 0 Å². The van der Waals surface area contributed by atoms with Crippen molar-refractivity contribution in [3.8, 4) is 0 Å². The number of hydrogen-bond donors (Lipinski definition) is 0. The summed E-state index contributed by atoms with van der Waals surface area (Å²) >= 11 is 3.45. The summed E-state index contributed by atoms with van der Waals surface area (Å²) < 4.78 is 8.50. The second kappa shape index (κ2) is 5.85. The van der Waals surface area contributed by atoms with Crippen molar-refractivity contribution in [1.82, 2.24) is 14.5 Å². The number of aromatic nitrogens is 2. The molecule has 0 N–H and O–H groups in total. The minimum atomic E-state index is 0.0847. The second-order valence-corrected chi connectivity index (χ2v) is 6.18. The molecule has 5 nitrogen and oxygen atoms in total. The van der Waals surface area contributed by atoms with E-state index in [2.05, 4.69) is 32.4 Å². The van der Waals surface area contributed by atoms with Gasteiger partial charge in [-0.05, 0) is 35.2 Å². The van der Waals surface area contributed by atoms with Crippen LogP contribution in [0.3, 0.4) is 0 Å². The van der Waals surface area contributed by atoms with Gasteiger partial charge in [0, 0.05) is 32.7 Å². The third kappa shape index (κ3) is 2.51. The molecule has 1 saturated heterocycles. The van der Waals surface area contributed by atoms with Crippen molar-refractivity contribution in [3.05, 3.63) is 16.1 Å². The van der Waals surface area contributed by atoms with Gasteiger partial charge in [0.15, 0.2) is 0 Å². The maximum absolute atomic E-state index is 12.8. The summed E-state index contributed by atoms with van der Waals surface area (Å²) in [6.45, 7) is 5.19. The molecule has 2 aliphatic heterocycles. The molecule has 1 aromatic heterocycles. The molecule has 1 amide bonds. The maximum atomic E-state index is 12.8. The Kier molecular flexibility index (Phi) is 4.12. The van der Waals surface area contributed by atoms with Crippen LogP contribution in [0.15, 0.2) is 4.60 Å². The summed E-state index contributed by atoms with van der Waals surface area (Å²) in [5.74, 6) is 1.11. The highest BCUT2D eigenvalue weighted by atomic mass is 79.9.